The minimum atomic E-state index is 0.0756. The summed E-state index contributed by atoms with van der Waals surface area (Å²) in [6, 6.07) is 11.0. The standard InChI is InChI=1S/C17H19NO2/c19-16-7-3-6-13-8-9-14(11-15(13)16)18-17(20)10-12-4-1-2-5-12/h3,6-9,11-12,19H,1-2,4-5,10H2,(H,18,20). The lowest BCUT2D eigenvalue weighted by atomic mass is 10.0. The van der Waals surface area contributed by atoms with Crippen LogP contribution in [-0.4, -0.2) is 11.0 Å². The van der Waals surface area contributed by atoms with Crippen molar-refractivity contribution in [3.05, 3.63) is 36.4 Å². The van der Waals surface area contributed by atoms with Crippen LogP contribution in [0.1, 0.15) is 32.1 Å². The molecule has 1 fully saturated rings. The summed E-state index contributed by atoms with van der Waals surface area (Å²) in [5.41, 5.74) is 0.752. The Hall–Kier alpha value is -2.03. The number of anilines is 1. The third-order valence-corrected chi connectivity index (χ3v) is 4.09. The molecule has 3 rings (SSSR count). The summed E-state index contributed by atoms with van der Waals surface area (Å²) in [6.45, 7) is 0. The first-order valence-corrected chi connectivity index (χ1v) is 7.24. The van der Waals surface area contributed by atoms with E-state index in [2.05, 4.69) is 5.32 Å². The maximum Gasteiger partial charge on any atom is 0.224 e. The van der Waals surface area contributed by atoms with Crippen LogP contribution >= 0.6 is 0 Å². The fourth-order valence-electron chi connectivity index (χ4n) is 3.02. The van der Waals surface area contributed by atoms with Crippen LogP contribution in [0.4, 0.5) is 5.69 Å². The van der Waals surface area contributed by atoms with E-state index < -0.39 is 0 Å². The van der Waals surface area contributed by atoms with Crippen molar-refractivity contribution in [1.82, 2.24) is 0 Å². The smallest absolute Gasteiger partial charge is 0.224 e. The predicted octanol–water partition coefficient (Wildman–Crippen LogP) is 4.06. The Labute approximate surface area is 118 Å². The summed E-state index contributed by atoms with van der Waals surface area (Å²) in [5, 5.41) is 14.5. The number of carbonyl (C=O) groups excluding carboxylic acids is 1. The van der Waals surface area contributed by atoms with Crippen LogP contribution in [0.15, 0.2) is 36.4 Å². The highest BCUT2D eigenvalue weighted by atomic mass is 16.3. The molecular formula is C17H19NO2. The number of amides is 1. The molecule has 2 aromatic rings. The lowest BCUT2D eigenvalue weighted by Crippen LogP contribution is -2.15. The van der Waals surface area contributed by atoms with Gasteiger partial charge in [-0.05, 0) is 42.3 Å². The summed E-state index contributed by atoms with van der Waals surface area (Å²) in [6.07, 6.45) is 5.46. The minimum Gasteiger partial charge on any atom is -0.507 e. The maximum atomic E-state index is 12.0. The quantitative estimate of drug-likeness (QED) is 0.882. The van der Waals surface area contributed by atoms with Crippen molar-refractivity contribution in [3.8, 4) is 5.75 Å². The molecule has 2 N–H and O–H groups in total. The van der Waals surface area contributed by atoms with Crippen LogP contribution < -0.4 is 5.32 Å². The highest BCUT2D eigenvalue weighted by Crippen LogP contribution is 2.29. The molecule has 20 heavy (non-hydrogen) atoms. The normalized spacial score (nSPS) is 15.6. The minimum absolute atomic E-state index is 0.0756. The van der Waals surface area contributed by atoms with Gasteiger partial charge >= 0.3 is 0 Å². The topological polar surface area (TPSA) is 49.3 Å². The van der Waals surface area contributed by atoms with Gasteiger partial charge in [0.25, 0.3) is 0 Å². The zero-order valence-electron chi connectivity index (χ0n) is 11.4. The number of nitrogens with one attached hydrogen (secondary N) is 1. The van der Waals surface area contributed by atoms with Crippen LogP contribution in [0.2, 0.25) is 0 Å². The summed E-state index contributed by atoms with van der Waals surface area (Å²) < 4.78 is 0. The van der Waals surface area contributed by atoms with Crippen molar-refractivity contribution in [2.24, 2.45) is 5.92 Å². The monoisotopic (exact) mass is 269 g/mol. The number of phenolic OH excluding ortho intramolecular Hbond substituents is 1. The molecule has 0 atom stereocenters. The average Bonchev–Trinajstić information content (AvgIpc) is 2.92. The van der Waals surface area contributed by atoms with Crippen molar-refractivity contribution in [2.75, 3.05) is 5.32 Å². The van der Waals surface area contributed by atoms with Gasteiger partial charge in [0.1, 0.15) is 5.75 Å². The Morgan fingerprint density at radius 1 is 1.20 bits per heavy atom. The van der Waals surface area contributed by atoms with Gasteiger partial charge in [0.2, 0.25) is 5.91 Å². The summed E-state index contributed by atoms with van der Waals surface area (Å²) >= 11 is 0. The molecule has 0 aromatic heterocycles. The van der Waals surface area contributed by atoms with Gasteiger partial charge < -0.3 is 10.4 Å². The van der Waals surface area contributed by atoms with Crippen LogP contribution in [-0.2, 0) is 4.79 Å². The van der Waals surface area contributed by atoms with Gasteiger partial charge in [-0.1, -0.05) is 31.0 Å². The van der Waals surface area contributed by atoms with Crippen molar-refractivity contribution in [2.45, 2.75) is 32.1 Å². The van der Waals surface area contributed by atoms with E-state index in [0.717, 1.165) is 16.5 Å². The second kappa shape index (κ2) is 5.53. The molecule has 1 aliphatic carbocycles. The Kier molecular flexibility index (Phi) is 3.59. The second-order valence-corrected chi connectivity index (χ2v) is 5.62. The Balaban J connectivity index is 1.73. The second-order valence-electron chi connectivity index (χ2n) is 5.62. The maximum absolute atomic E-state index is 12.0. The molecule has 2 aromatic carbocycles. The number of benzene rings is 2. The summed E-state index contributed by atoms with van der Waals surface area (Å²) in [5.74, 6) is 0.866. The zero-order chi connectivity index (χ0) is 13.9. The molecule has 0 spiro atoms. The largest absolute Gasteiger partial charge is 0.507 e. The SMILES string of the molecule is O=C(CC1CCCC1)Nc1ccc2cccc(O)c2c1. The lowest BCUT2D eigenvalue weighted by molar-refractivity contribution is -0.117. The molecule has 3 heteroatoms. The van der Waals surface area contributed by atoms with Gasteiger partial charge in [-0.15, -0.1) is 0 Å². The number of carbonyl (C=O) groups is 1. The van der Waals surface area contributed by atoms with E-state index in [-0.39, 0.29) is 11.7 Å². The molecule has 0 aliphatic heterocycles. The number of aromatic hydroxyl groups is 1. The van der Waals surface area contributed by atoms with E-state index in [0.29, 0.717) is 12.3 Å². The van der Waals surface area contributed by atoms with E-state index in [1.807, 2.05) is 30.3 Å². The Morgan fingerprint density at radius 2 is 2.00 bits per heavy atom. The number of rotatable bonds is 3. The van der Waals surface area contributed by atoms with Crippen LogP contribution in [0.25, 0.3) is 10.8 Å². The van der Waals surface area contributed by atoms with E-state index >= 15 is 0 Å². The molecule has 1 aliphatic rings. The molecule has 0 heterocycles. The van der Waals surface area contributed by atoms with Gasteiger partial charge in [0, 0.05) is 17.5 Å². The molecular weight excluding hydrogens is 250 g/mol. The lowest BCUT2D eigenvalue weighted by Gasteiger charge is -2.10. The van der Waals surface area contributed by atoms with Crippen molar-refractivity contribution >= 4 is 22.4 Å². The third-order valence-electron chi connectivity index (χ3n) is 4.09. The molecule has 104 valence electrons. The first kappa shape index (κ1) is 13.0. The van der Waals surface area contributed by atoms with Crippen molar-refractivity contribution in [1.29, 1.82) is 0 Å². The van der Waals surface area contributed by atoms with Crippen molar-refractivity contribution in [3.63, 3.8) is 0 Å². The van der Waals surface area contributed by atoms with Crippen LogP contribution in [0.3, 0.4) is 0 Å². The highest BCUT2D eigenvalue weighted by Gasteiger charge is 2.18. The number of fused-ring (bicyclic) bond motifs is 1. The Morgan fingerprint density at radius 3 is 2.80 bits per heavy atom. The van der Waals surface area contributed by atoms with Gasteiger partial charge in [-0.3, -0.25) is 4.79 Å². The first-order chi connectivity index (χ1) is 9.72. The number of hydrogen-bond acceptors (Lipinski definition) is 2. The molecule has 0 radical (unpaired) electrons. The first-order valence-electron chi connectivity index (χ1n) is 7.24. The Bertz CT molecular complexity index is 630. The van der Waals surface area contributed by atoms with E-state index in [1.165, 1.54) is 25.7 Å². The molecule has 3 nitrogen and oxygen atoms in total. The van der Waals surface area contributed by atoms with Crippen LogP contribution in [0, 0.1) is 5.92 Å². The summed E-state index contributed by atoms with van der Waals surface area (Å²) in [7, 11) is 0. The van der Waals surface area contributed by atoms with Gasteiger partial charge in [0.15, 0.2) is 0 Å². The third kappa shape index (κ3) is 2.77. The van der Waals surface area contributed by atoms with Gasteiger partial charge in [0.05, 0.1) is 0 Å². The molecule has 0 saturated heterocycles. The zero-order valence-corrected chi connectivity index (χ0v) is 11.4. The van der Waals surface area contributed by atoms with E-state index in [9.17, 15) is 9.90 Å². The average molecular weight is 269 g/mol. The fourth-order valence-corrected chi connectivity index (χ4v) is 3.02. The number of hydrogen-bond donors (Lipinski definition) is 2. The fraction of sp³-hybridized carbons (Fsp3) is 0.353. The summed E-state index contributed by atoms with van der Waals surface area (Å²) in [4.78, 5) is 12.0. The molecule has 1 amide bonds. The predicted molar refractivity (Wildman–Crippen MR) is 80.8 cm³/mol. The van der Waals surface area contributed by atoms with Gasteiger partial charge in [-0.2, -0.15) is 0 Å². The van der Waals surface area contributed by atoms with Crippen molar-refractivity contribution < 1.29 is 9.90 Å². The van der Waals surface area contributed by atoms with Crippen LogP contribution in [0.5, 0.6) is 5.75 Å². The molecule has 0 bridgehead atoms. The van der Waals surface area contributed by atoms with E-state index in [4.69, 9.17) is 0 Å². The molecule has 0 unspecified atom stereocenters. The van der Waals surface area contributed by atoms with E-state index in [1.54, 1.807) is 6.07 Å². The number of phenols is 1. The van der Waals surface area contributed by atoms with Gasteiger partial charge in [-0.25, -0.2) is 0 Å². The highest BCUT2D eigenvalue weighted by molar-refractivity contribution is 5.96. The molecule has 1 saturated carbocycles.